The van der Waals surface area contributed by atoms with Crippen LogP contribution >= 0.6 is 11.8 Å². The van der Waals surface area contributed by atoms with Gasteiger partial charge in [-0.3, -0.25) is 0 Å². The molecule has 0 saturated carbocycles. The van der Waals surface area contributed by atoms with E-state index in [1.807, 2.05) is 23.9 Å². The quantitative estimate of drug-likeness (QED) is 0.925. The van der Waals surface area contributed by atoms with Gasteiger partial charge in [0.15, 0.2) is 0 Å². The van der Waals surface area contributed by atoms with Gasteiger partial charge in [0.1, 0.15) is 0 Å². The van der Waals surface area contributed by atoms with Gasteiger partial charge in [-0.25, -0.2) is 8.42 Å². The molecule has 2 saturated heterocycles. The zero-order valence-electron chi connectivity index (χ0n) is 11.4. The predicted molar refractivity (Wildman–Crippen MR) is 82.5 cm³/mol. The fraction of sp³-hybridized carbons (Fsp3) is 0.571. The van der Waals surface area contributed by atoms with Crippen molar-refractivity contribution in [3.8, 4) is 0 Å². The summed E-state index contributed by atoms with van der Waals surface area (Å²) in [5.41, 5.74) is 1.18. The zero-order chi connectivity index (χ0) is 14.0. The maximum Gasteiger partial charge on any atom is 0.243 e. The Kier molecular flexibility index (Phi) is 4.35. The smallest absolute Gasteiger partial charge is 0.243 e. The molecule has 3 rings (SSSR count). The first-order valence-electron chi connectivity index (χ1n) is 7.09. The van der Waals surface area contributed by atoms with Crippen LogP contribution in [0.3, 0.4) is 0 Å². The van der Waals surface area contributed by atoms with Crippen molar-refractivity contribution in [3.05, 3.63) is 29.8 Å². The van der Waals surface area contributed by atoms with Crippen LogP contribution in [-0.2, 0) is 10.0 Å². The summed E-state index contributed by atoms with van der Waals surface area (Å²) in [5.74, 6) is 2.20. The van der Waals surface area contributed by atoms with Gasteiger partial charge in [0.05, 0.1) is 4.90 Å². The number of hydrogen-bond donors (Lipinski definition) is 1. The van der Waals surface area contributed by atoms with E-state index >= 15 is 0 Å². The average molecular weight is 312 g/mol. The molecule has 1 aromatic carbocycles. The summed E-state index contributed by atoms with van der Waals surface area (Å²) in [6.07, 6.45) is 1.95. The van der Waals surface area contributed by atoms with Crippen LogP contribution in [0, 0.1) is 0 Å². The molecule has 1 N–H and O–H groups in total. The lowest BCUT2D eigenvalue weighted by molar-refractivity contribution is 0.477. The molecule has 0 aliphatic carbocycles. The topological polar surface area (TPSA) is 49.4 Å². The zero-order valence-corrected chi connectivity index (χ0v) is 13.0. The van der Waals surface area contributed by atoms with E-state index in [4.69, 9.17) is 0 Å². The minimum absolute atomic E-state index is 0.345. The van der Waals surface area contributed by atoms with Crippen molar-refractivity contribution >= 4 is 21.8 Å². The van der Waals surface area contributed by atoms with Gasteiger partial charge in [0.2, 0.25) is 10.0 Å². The van der Waals surface area contributed by atoms with Crippen molar-refractivity contribution < 1.29 is 8.42 Å². The maximum absolute atomic E-state index is 12.4. The highest BCUT2D eigenvalue weighted by atomic mass is 32.2. The van der Waals surface area contributed by atoms with Crippen molar-refractivity contribution in [2.45, 2.75) is 23.8 Å². The summed E-state index contributed by atoms with van der Waals surface area (Å²) < 4.78 is 26.5. The average Bonchev–Trinajstić information content (AvgIpc) is 3.03. The van der Waals surface area contributed by atoms with Crippen LogP contribution in [0.5, 0.6) is 0 Å². The van der Waals surface area contributed by atoms with Gasteiger partial charge in [0.25, 0.3) is 0 Å². The molecule has 6 heteroatoms. The van der Waals surface area contributed by atoms with E-state index in [-0.39, 0.29) is 0 Å². The molecule has 20 heavy (non-hydrogen) atoms. The second-order valence-electron chi connectivity index (χ2n) is 5.26. The van der Waals surface area contributed by atoms with Crippen molar-refractivity contribution in [1.82, 2.24) is 9.62 Å². The molecule has 2 aliphatic rings. The molecule has 1 unspecified atom stereocenters. The van der Waals surface area contributed by atoms with Crippen molar-refractivity contribution in [1.29, 1.82) is 0 Å². The number of nitrogens with zero attached hydrogens (tertiary/aromatic N) is 1. The van der Waals surface area contributed by atoms with Gasteiger partial charge < -0.3 is 5.32 Å². The molecule has 0 bridgehead atoms. The van der Waals surface area contributed by atoms with Gasteiger partial charge in [-0.1, -0.05) is 12.1 Å². The predicted octanol–water partition coefficient (Wildman–Crippen LogP) is 1.85. The monoisotopic (exact) mass is 312 g/mol. The van der Waals surface area contributed by atoms with E-state index in [1.54, 1.807) is 16.4 Å². The molecule has 4 nitrogen and oxygen atoms in total. The highest BCUT2D eigenvalue weighted by Gasteiger charge is 2.27. The summed E-state index contributed by atoms with van der Waals surface area (Å²) in [5, 5.41) is 3.47. The Balaban J connectivity index is 1.78. The second-order valence-corrected chi connectivity index (χ2v) is 8.35. The van der Waals surface area contributed by atoms with Gasteiger partial charge in [0, 0.05) is 37.2 Å². The molecule has 0 radical (unpaired) electrons. The highest BCUT2D eigenvalue weighted by Crippen LogP contribution is 2.25. The number of benzene rings is 1. The third kappa shape index (κ3) is 2.88. The van der Waals surface area contributed by atoms with E-state index in [2.05, 4.69) is 5.32 Å². The SMILES string of the molecule is O=S(=O)(c1ccc(C2CSCCN2)cc1)N1CCCC1. The van der Waals surface area contributed by atoms with E-state index in [1.165, 1.54) is 5.56 Å². The molecule has 2 heterocycles. The Labute approximate surface area is 125 Å². The Bertz CT molecular complexity index is 545. The second kappa shape index (κ2) is 6.05. The van der Waals surface area contributed by atoms with Crippen molar-refractivity contribution in [3.63, 3.8) is 0 Å². The number of nitrogens with one attached hydrogen (secondary N) is 1. The summed E-state index contributed by atoms with van der Waals surface area (Å²) in [6, 6.07) is 7.75. The van der Waals surface area contributed by atoms with Crippen LogP contribution in [0.25, 0.3) is 0 Å². The van der Waals surface area contributed by atoms with Crippen LogP contribution < -0.4 is 5.32 Å². The van der Waals surface area contributed by atoms with Gasteiger partial charge in [-0.2, -0.15) is 16.1 Å². The maximum atomic E-state index is 12.4. The largest absolute Gasteiger partial charge is 0.308 e. The Morgan fingerprint density at radius 3 is 2.45 bits per heavy atom. The molecule has 0 aromatic heterocycles. The lowest BCUT2D eigenvalue weighted by Gasteiger charge is -2.24. The fourth-order valence-electron chi connectivity index (χ4n) is 2.73. The van der Waals surface area contributed by atoms with Crippen LogP contribution in [0.15, 0.2) is 29.2 Å². The van der Waals surface area contributed by atoms with Crippen molar-refractivity contribution in [2.24, 2.45) is 0 Å². The standard InChI is InChI=1S/C14H20N2O2S2/c17-20(18,16-8-1-2-9-16)13-5-3-12(4-6-13)14-11-19-10-7-15-14/h3-6,14-15H,1-2,7-11H2. The van der Waals surface area contributed by atoms with Crippen molar-refractivity contribution in [2.75, 3.05) is 31.1 Å². The minimum Gasteiger partial charge on any atom is -0.308 e. The first kappa shape index (κ1) is 14.4. The Hall–Kier alpha value is -0.560. The molecular weight excluding hydrogens is 292 g/mol. The first-order chi connectivity index (χ1) is 9.68. The molecule has 0 spiro atoms. The number of sulfonamides is 1. The van der Waals surface area contributed by atoms with Crippen LogP contribution in [-0.4, -0.2) is 43.9 Å². The minimum atomic E-state index is -3.28. The molecule has 2 aliphatic heterocycles. The van der Waals surface area contributed by atoms with Gasteiger partial charge in [-0.15, -0.1) is 0 Å². The van der Waals surface area contributed by atoms with E-state index < -0.39 is 10.0 Å². The first-order valence-corrected chi connectivity index (χ1v) is 9.69. The number of thioether (sulfide) groups is 1. The summed E-state index contributed by atoms with van der Waals surface area (Å²) in [4.78, 5) is 0.423. The Morgan fingerprint density at radius 1 is 1.15 bits per heavy atom. The molecule has 110 valence electrons. The van der Waals surface area contributed by atoms with Crippen LogP contribution in [0.1, 0.15) is 24.4 Å². The van der Waals surface area contributed by atoms with E-state index in [0.29, 0.717) is 24.0 Å². The third-order valence-electron chi connectivity index (χ3n) is 3.91. The number of rotatable bonds is 3. The fourth-order valence-corrected chi connectivity index (χ4v) is 5.22. The lowest BCUT2D eigenvalue weighted by Crippen LogP contribution is -2.30. The summed E-state index contributed by atoms with van der Waals surface area (Å²) in [7, 11) is -3.28. The van der Waals surface area contributed by atoms with E-state index in [9.17, 15) is 8.42 Å². The van der Waals surface area contributed by atoms with Gasteiger partial charge in [-0.05, 0) is 30.5 Å². The van der Waals surface area contributed by atoms with Crippen LogP contribution in [0.4, 0.5) is 0 Å². The number of hydrogen-bond acceptors (Lipinski definition) is 4. The molecule has 0 amide bonds. The van der Waals surface area contributed by atoms with Gasteiger partial charge >= 0.3 is 0 Å². The molecular formula is C14H20N2O2S2. The molecule has 1 aromatic rings. The molecule has 2 fully saturated rings. The van der Waals surface area contributed by atoms with Crippen LogP contribution in [0.2, 0.25) is 0 Å². The Morgan fingerprint density at radius 2 is 1.85 bits per heavy atom. The van der Waals surface area contributed by atoms with E-state index in [0.717, 1.165) is 30.9 Å². The normalized spacial score (nSPS) is 24.9. The summed E-state index contributed by atoms with van der Waals surface area (Å²) >= 11 is 1.94. The third-order valence-corrected chi connectivity index (χ3v) is 6.88. The summed E-state index contributed by atoms with van der Waals surface area (Å²) in [6.45, 7) is 2.33. The lowest BCUT2D eigenvalue weighted by atomic mass is 10.1. The highest BCUT2D eigenvalue weighted by molar-refractivity contribution is 7.99. The molecule has 1 atom stereocenters.